The number of fused-ring (bicyclic) bond motifs is 1. The van der Waals surface area contributed by atoms with Crippen LogP contribution in [0.2, 0.25) is 5.02 Å². The second-order valence-electron chi connectivity index (χ2n) is 6.71. The van der Waals surface area contributed by atoms with E-state index < -0.39 is 11.6 Å². The Morgan fingerprint density at radius 3 is 2.55 bits per heavy atom. The van der Waals surface area contributed by atoms with E-state index >= 15 is 0 Å². The van der Waals surface area contributed by atoms with Crippen molar-refractivity contribution in [2.45, 2.75) is 26.8 Å². The van der Waals surface area contributed by atoms with Crippen molar-refractivity contribution < 1.29 is 8.78 Å². The zero-order valence-corrected chi connectivity index (χ0v) is 16.6. The van der Waals surface area contributed by atoms with Gasteiger partial charge in [-0.05, 0) is 31.5 Å². The van der Waals surface area contributed by atoms with Gasteiger partial charge in [0.25, 0.3) is 0 Å². The van der Waals surface area contributed by atoms with Crippen LogP contribution < -0.4 is 5.32 Å². The van der Waals surface area contributed by atoms with E-state index in [1.54, 1.807) is 18.5 Å². The number of nitrogens with one attached hydrogen (secondary N) is 1. The van der Waals surface area contributed by atoms with E-state index in [1.807, 2.05) is 30.5 Å². The summed E-state index contributed by atoms with van der Waals surface area (Å²) in [6, 6.07) is 7.79. The molecular weight excluding hydrogens is 396 g/mol. The van der Waals surface area contributed by atoms with Gasteiger partial charge in [-0.2, -0.15) is 0 Å². The molecule has 4 rings (SSSR count). The maximum absolute atomic E-state index is 13.8. The second kappa shape index (κ2) is 7.75. The molecule has 0 bridgehead atoms. The number of aromatic nitrogens is 4. The summed E-state index contributed by atoms with van der Waals surface area (Å²) in [5.74, 6) is -0.780. The summed E-state index contributed by atoms with van der Waals surface area (Å²) in [4.78, 5) is 13.1. The van der Waals surface area contributed by atoms with Gasteiger partial charge in [-0.15, -0.1) is 0 Å². The van der Waals surface area contributed by atoms with Gasteiger partial charge in [-0.25, -0.2) is 18.7 Å². The Balaban J connectivity index is 1.74. The predicted octanol–water partition coefficient (Wildman–Crippen LogP) is 5.89. The fourth-order valence-corrected chi connectivity index (χ4v) is 3.33. The van der Waals surface area contributed by atoms with Crippen LogP contribution in [0.25, 0.3) is 22.4 Å². The number of hydrogen-bond donors (Lipinski definition) is 1. The van der Waals surface area contributed by atoms with E-state index in [0.717, 1.165) is 23.9 Å². The number of rotatable bonds is 5. The van der Waals surface area contributed by atoms with Gasteiger partial charge in [0, 0.05) is 36.1 Å². The fourth-order valence-electron chi connectivity index (χ4n) is 3.12. The smallest absolute Gasteiger partial charge is 0.161 e. The minimum absolute atomic E-state index is 0.386. The number of imidazole rings is 1. The number of benzene rings is 1. The fraction of sp³-hybridized carbons (Fsp3) is 0.190. The third-order valence-electron chi connectivity index (χ3n) is 4.51. The largest absolute Gasteiger partial charge is 0.338 e. The summed E-state index contributed by atoms with van der Waals surface area (Å²) in [6.45, 7) is 4.51. The van der Waals surface area contributed by atoms with Crippen LogP contribution in [-0.4, -0.2) is 19.5 Å². The molecule has 0 fully saturated rings. The van der Waals surface area contributed by atoms with Crippen molar-refractivity contribution in [3.63, 3.8) is 0 Å². The molecule has 0 amide bonds. The Kier molecular flexibility index (Phi) is 5.15. The van der Waals surface area contributed by atoms with Crippen LogP contribution in [0.5, 0.6) is 0 Å². The summed E-state index contributed by atoms with van der Waals surface area (Å²) >= 11 is 6.44. The third-order valence-corrected chi connectivity index (χ3v) is 4.80. The molecule has 148 valence electrons. The highest BCUT2D eigenvalue weighted by atomic mass is 35.5. The van der Waals surface area contributed by atoms with Crippen LogP contribution in [0.15, 0.2) is 42.7 Å². The van der Waals surface area contributed by atoms with E-state index in [1.165, 1.54) is 6.07 Å². The average Bonchev–Trinajstić information content (AvgIpc) is 3.03. The molecule has 0 atom stereocenters. The highest BCUT2D eigenvalue weighted by molar-refractivity contribution is 6.33. The van der Waals surface area contributed by atoms with Crippen LogP contribution in [0.3, 0.4) is 0 Å². The maximum atomic E-state index is 13.8. The van der Waals surface area contributed by atoms with Gasteiger partial charge < -0.3 is 9.88 Å². The molecule has 0 radical (unpaired) electrons. The van der Waals surface area contributed by atoms with Gasteiger partial charge in [0.05, 0.1) is 27.9 Å². The van der Waals surface area contributed by atoms with E-state index in [-0.39, 0.29) is 0 Å². The Bertz CT molecular complexity index is 1190. The van der Waals surface area contributed by atoms with Crippen molar-refractivity contribution in [1.82, 2.24) is 19.5 Å². The lowest BCUT2D eigenvalue weighted by Gasteiger charge is -2.11. The zero-order chi connectivity index (χ0) is 20.5. The lowest BCUT2D eigenvalue weighted by molar-refractivity contribution is 0.510. The van der Waals surface area contributed by atoms with Crippen molar-refractivity contribution in [1.29, 1.82) is 0 Å². The number of hydrogen-bond acceptors (Lipinski definition) is 4. The summed E-state index contributed by atoms with van der Waals surface area (Å²) < 4.78 is 29.3. The molecule has 0 unspecified atom stereocenters. The molecule has 0 spiro atoms. The van der Waals surface area contributed by atoms with Gasteiger partial charge in [-0.1, -0.05) is 18.5 Å². The molecule has 8 heteroatoms. The summed E-state index contributed by atoms with van der Waals surface area (Å²) in [7, 11) is 0. The lowest BCUT2D eigenvalue weighted by atomic mass is 10.2. The first-order valence-electron chi connectivity index (χ1n) is 9.17. The first kappa shape index (κ1) is 19.3. The summed E-state index contributed by atoms with van der Waals surface area (Å²) in [5, 5.41) is 3.53. The van der Waals surface area contributed by atoms with Crippen molar-refractivity contribution >= 4 is 34.1 Å². The van der Waals surface area contributed by atoms with Crippen molar-refractivity contribution in [3.05, 3.63) is 65.1 Å². The normalized spacial score (nSPS) is 11.2. The number of nitrogens with zero attached hydrogens (tertiary/aromatic N) is 4. The zero-order valence-electron chi connectivity index (χ0n) is 15.9. The van der Waals surface area contributed by atoms with Crippen LogP contribution in [0, 0.1) is 18.6 Å². The Morgan fingerprint density at radius 2 is 1.86 bits per heavy atom. The molecule has 0 aliphatic rings. The Labute approximate surface area is 171 Å². The molecule has 1 aromatic carbocycles. The third kappa shape index (κ3) is 3.78. The molecule has 5 nitrogen and oxygen atoms in total. The van der Waals surface area contributed by atoms with Crippen LogP contribution in [0.1, 0.15) is 19.0 Å². The van der Waals surface area contributed by atoms with Crippen LogP contribution >= 0.6 is 11.6 Å². The van der Waals surface area contributed by atoms with Gasteiger partial charge >= 0.3 is 0 Å². The highest BCUT2D eigenvalue weighted by Gasteiger charge is 2.17. The molecule has 4 aromatic rings. The predicted molar refractivity (Wildman–Crippen MR) is 110 cm³/mol. The Morgan fingerprint density at radius 1 is 1.07 bits per heavy atom. The van der Waals surface area contributed by atoms with E-state index in [2.05, 4.69) is 20.3 Å². The van der Waals surface area contributed by atoms with Crippen LogP contribution in [0.4, 0.5) is 20.3 Å². The van der Waals surface area contributed by atoms with Crippen molar-refractivity contribution in [3.8, 4) is 11.4 Å². The molecular formula is C21H18ClF2N5. The van der Waals surface area contributed by atoms with E-state index in [0.29, 0.717) is 39.8 Å². The standard InChI is InChI=1S/C21H18ClF2N5/c1-3-6-29-19-9-17(24)16(23)8-18(19)28-21(29)13-7-15(22)20(26-10-13)27-14-5-4-12(2)25-11-14/h4-5,7-11H,3,6H2,1-2H3,(H,26,27). The minimum atomic E-state index is -0.924. The quantitative estimate of drug-likeness (QED) is 0.443. The maximum Gasteiger partial charge on any atom is 0.161 e. The molecule has 29 heavy (non-hydrogen) atoms. The molecule has 3 aromatic heterocycles. The van der Waals surface area contributed by atoms with Gasteiger partial charge in [0.15, 0.2) is 11.6 Å². The first-order chi connectivity index (χ1) is 14.0. The monoisotopic (exact) mass is 413 g/mol. The number of halogens is 3. The van der Waals surface area contributed by atoms with Gasteiger partial charge in [0.1, 0.15) is 11.6 Å². The molecule has 1 N–H and O–H groups in total. The van der Waals surface area contributed by atoms with Gasteiger partial charge in [0.2, 0.25) is 0 Å². The van der Waals surface area contributed by atoms with Crippen LogP contribution in [-0.2, 0) is 6.54 Å². The highest BCUT2D eigenvalue weighted by Crippen LogP contribution is 2.31. The van der Waals surface area contributed by atoms with E-state index in [4.69, 9.17) is 11.6 Å². The number of aryl methyl sites for hydroxylation is 2. The molecule has 0 saturated heterocycles. The van der Waals surface area contributed by atoms with Crippen molar-refractivity contribution in [2.24, 2.45) is 0 Å². The average molecular weight is 414 g/mol. The molecule has 0 aliphatic heterocycles. The SMILES string of the molecule is CCCn1c(-c2cnc(Nc3ccc(C)nc3)c(Cl)c2)nc2cc(F)c(F)cc21. The van der Waals surface area contributed by atoms with E-state index in [9.17, 15) is 8.78 Å². The number of pyridine rings is 2. The second-order valence-corrected chi connectivity index (χ2v) is 7.12. The first-order valence-corrected chi connectivity index (χ1v) is 9.55. The summed E-state index contributed by atoms with van der Waals surface area (Å²) in [6.07, 6.45) is 4.14. The topological polar surface area (TPSA) is 55.6 Å². The molecule has 0 saturated carbocycles. The molecule has 0 aliphatic carbocycles. The summed E-state index contributed by atoms with van der Waals surface area (Å²) in [5.41, 5.74) is 3.25. The minimum Gasteiger partial charge on any atom is -0.338 e. The number of anilines is 2. The van der Waals surface area contributed by atoms with Gasteiger partial charge in [-0.3, -0.25) is 4.98 Å². The Hall–Kier alpha value is -3.06. The molecule has 3 heterocycles. The lowest BCUT2D eigenvalue weighted by Crippen LogP contribution is -2.01. The van der Waals surface area contributed by atoms with Crippen molar-refractivity contribution in [2.75, 3.05) is 5.32 Å².